The number of aliphatic hydroxyl groups excluding tert-OH is 1. The number of halogens is 1. The summed E-state index contributed by atoms with van der Waals surface area (Å²) < 4.78 is 20.8. The minimum atomic E-state index is -0.474. The van der Waals surface area contributed by atoms with Crippen LogP contribution in [0.5, 0.6) is 5.88 Å². The van der Waals surface area contributed by atoms with Crippen LogP contribution in [0.4, 0.5) is 4.39 Å². The zero-order valence-corrected chi connectivity index (χ0v) is 17.3. The number of fused-ring (bicyclic) bond motifs is 1. The van der Waals surface area contributed by atoms with Crippen molar-refractivity contribution < 1.29 is 14.2 Å². The normalized spacial score (nSPS) is 26.0. The van der Waals surface area contributed by atoms with E-state index >= 15 is 0 Å². The van der Waals surface area contributed by atoms with Gasteiger partial charge in [-0.15, -0.1) is 5.10 Å². The molecule has 0 radical (unpaired) electrons. The van der Waals surface area contributed by atoms with E-state index in [1.165, 1.54) is 12.3 Å². The van der Waals surface area contributed by atoms with Crippen molar-refractivity contribution >= 4 is 0 Å². The molecule has 3 aromatic rings. The molecule has 5 rings (SSSR count). The van der Waals surface area contributed by atoms with Gasteiger partial charge in [0.25, 0.3) is 0 Å². The second-order valence-electron chi connectivity index (χ2n) is 8.46. The van der Waals surface area contributed by atoms with Gasteiger partial charge in [-0.05, 0) is 42.9 Å². The van der Waals surface area contributed by atoms with Crippen LogP contribution in [0.1, 0.15) is 24.4 Å². The average molecular weight is 424 g/mol. The first-order valence-electron chi connectivity index (χ1n) is 10.5. The molecule has 4 heterocycles. The molecule has 2 aliphatic rings. The minimum Gasteiger partial charge on any atom is -0.481 e. The molecular formula is C22H25FN6O2. The lowest BCUT2D eigenvalue weighted by molar-refractivity contribution is 0.0298. The molecule has 1 saturated carbocycles. The molecular weight excluding hydrogens is 399 g/mol. The Kier molecular flexibility index (Phi) is 5.37. The molecule has 0 bridgehead atoms. The van der Waals surface area contributed by atoms with Crippen LogP contribution in [0, 0.1) is 17.7 Å². The molecule has 0 spiro atoms. The molecule has 9 heteroatoms. The molecule has 0 amide bonds. The van der Waals surface area contributed by atoms with Crippen LogP contribution < -0.4 is 4.74 Å². The van der Waals surface area contributed by atoms with Gasteiger partial charge < -0.3 is 9.84 Å². The fraction of sp³-hybridized carbons (Fsp3) is 0.455. The zero-order chi connectivity index (χ0) is 21.4. The van der Waals surface area contributed by atoms with Crippen molar-refractivity contribution in [3.63, 3.8) is 0 Å². The van der Waals surface area contributed by atoms with Gasteiger partial charge in [0.1, 0.15) is 11.5 Å². The van der Waals surface area contributed by atoms with E-state index in [0.717, 1.165) is 42.8 Å². The first-order valence-corrected chi connectivity index (χ1v) is 10.5. The van der Waals surface area contributed by atoms with Gasteiger partial charge in [-0.3, -0.25) is 9.88 Å². The monoisotopic (exact) mass is 424 g/mol. The predicted molar refractivity (Wildman–Crippen MR) is 111 cm³/mol. The van der Waals surface area contributed by atoms with E-state index in [2.05, 4.69) is 25.2 Å². The van der Waals surface area contributed by atoms with Crippen molar-refractivity contribution in [3.05, 3.63) is 54.4 Å². The van der Waals surface area contributed by atoms with Gasteiger partial charge in [-0.2, -0.15) is 0 Å². The summed E-state index contributed by atoms with van der Waals surface area (Å²) in [6.07, 6.45) is 7.60. The summed E-state index contributed by atoms with van der Waals surface area (Å²) in [6, 6.07) is 5.18. The standard InChI is InChI=1S/C22H25FN6O2/c1-31-22-17(6-18(23)9-25-22)12-28-10-15-7-20(21(30)8-16(15)11-28)29-13-19(26-27-29)14-2-4-24-5-3-14/h2-6,9,13,15-16,20-21,30H,7-8,10-12H2,1H3/t15-,16+,20-,21-/m1/s1. The molecule has 8 nitrogen and oxygen atoms in total. The number of hydrogen-bond donors (Lipinski definition) is 1. The Morgan fingerprint density at radius 1 is 1.19 bits per heavy atom. The number of ether oxygens (including phenoxy) is 1. The topological polar surface area (TPSA) is 89.2 Å². The Bertz CT molecular complexity index is 1050. The number of aromatic nitrogens is 5. The van der Waals surface area contributed by atoms with E-state index in [1.54, 1.807) is 24.2 Å². The Balaban J connectivity index is 1.28. The number of methoxy groups -OCH3 is 1. The molecule has 162 valence electrons. The highest BCUT2D eigenvalue weighted by Crippen LogP contribution is 2.42. The van der Waals surface area contributed by atoms with E-state index in [-0.39, 0.29) is 11.9 Å². The van der Waals surface area contributed by atoms with Crippen LogP contribution in [0.2, 0.25) is 0 Å². The van der Waals surface area contributed by atoms with Crippen LogP contribution in [0.25, 0.3) is 11.3 Å². The van der Waals surface area contributed by atoms with E-state index in [0.29, 0.717) is 24.3 Å². The maximum Gasteiger partial charge on any atom is 0.217 e. The Morgan fingerprint density at radius 3 is 2.74 bits per heavy atom. The van der Waals surface area contributed by atoms with Gasteiger partial charge in [0.15, 0.2) is 0 Å². The van der Waals surface area contributed by atoms with Crippen LogP contribution in [-0.2, 0) is 6.54 Å². The van der Waals surface area contributed by atoms with Crippen molar-refractivity contribution in [2.24, 2.45) is 11.8 Å². The molecule has 1 saturated heterocycles. The van der Waals surface area contributed by atoms with Crippen molar-refractivity contribution in [3.8, 4) is 17.1 Å². The quantitative estimate of drug-likeness (QED) is 0.672. The fourth-order valence-corrected chi connectivity index (χ4v) is 5.02. The number of hydrogen-bond acceptors (Lipinski definition) is 7. The van der Waals surface area contributed by atoms with Gasteiger partial charge in [0, 0.05) is 43.2 Å². The molecule has 2 fully saturated rings. The molecule has 1 N–H and O–H groups in total. The fourth-order valence-electron chi connectivity index (χ4n) is 5.02. The largest absolute Gasteiger partial charge is 0.481 e. The second kappa shape index (κ2) is 8.32. The van der Waals surface area contributed by atoms with Crippen LogP contribution in [0.3, 0.4) is 0 Å². The van der Waals surface area contributed by atoms with E-state index < -0.39 is 6.10 Å². The number of rotatable bonds is 5. The van der Waals surface area contributed by atoms with E-state index in [4.69, 9.17) is 4.74 Å². The van der Waals surface area contributed by atoms with Crippen LogP contribution >= 0.6 is 0 Å². The Morgan fingerprint density at radius 2 is 1.97 bits per heavy atom. The molecule has 0 unspecified atom stereocenters. The van der Waals surface area contributed by atoms with Gasteiger partial charge >= 0.3 is 0 Å². The molecule has 0 aromatic carbocycles. The third kappa shape index (κ3) is 4.03. The van der Waals surface area contributed by atoms with Crippen LogP contribution in [-0.4, -0.2) is 61.3 Å². The molecule has 1 aliphatic heterocycles. The first kappa shape index (κ1) is 20.0. The summed E-state index contributed by atoms with van der Waals surface area (Å²) >= 11 is 0. The van der Waals surface area contributed by atoms with Gasteiger partial charge in [-0.25, -0.2) is 14.1 Å². The summed E-state index contributed by atoms with van der Waals surface area (Å²) in [4.78, 5) is 10.4. The second-order valence-corrected chi connectivity index (χ2v) is 8.46. The molecule has 1 aliphatic carbocycles. The number of likely N-dealkylation sites (tertiary alicyclic amines) is 1. The highest BCUT2D eigenvalue weighted by Gasteiger charge is 2.42. The highest BCUT2D eigenvalue weighted by molar-refractivity contribution is 5.56. The smallest absolute Gasteiger partial charge is 0.217 e. The predicted octanol–water partition coefficient (Wildman–Crippen LogP) is 2.33. The Labute approximate surface area is 179 Å². The summed E-state index contributed by atoms with van der Waals surface area (Å²) in [5.41, 5.74) is 2.47. The van der Waals surface area contributed by atoms with Crippen LogP contribution in [0.15, 0.2) is 43.0 Å². The lowest BCUT2D eigenvalue weighted by Crippen LogP contribution is -2.36. The first-order chi connectivity index (χ1) is 15.1. The van der Waals surface area contributed by atoms with E-state index in [9.17, 15) is 9.50 Å². The van der Waals surface area contributed by atoms with Crippen molar-refractivity contribution in [2.45, 2.75) is 31.5 Å². The lowest BCUT2D eigenvalue weighted by atomic mass is 9.77. The van der Waals surface area contributed by atoms with Crippen molar-refractivity contribution in [1.82, 2.24) is 29.9 Å². The van der Waals surface area contributed by atoms with Crippen molar-refractivity contribution in [1.29, 1.82) is 0 Å². The SMILES string of the molecule is COc1ncc(F)cc1CN1C[C@H]2C[C@@H](n3cc(-c4ccncc4)nn3)[C@H](O)C[C@H]2C1. The zero-order valence-electron chi connectivity index (χ0n) is 17.3. The molecule has 4 atom stereocenters. The third-order valence-corrected chi connectivity index (χ3v) is 6.49. The maximum atomic E-state index is 13.7. The molecule has 3 aromatic heterocycles. The third-order valence-electron chi connectivity index (χ3n) is 6.49. The Hall–Kier alpha value is -2.91. The number of pyridine rings is 2. The summed E-state index contributed by atoms with van der Waals surface area (Å²) in [7, 11) is 1.55. The van der Waals surface area contributed by atoms with Crippen molar-refractivity contribution in [2.75, 3.05) is 20.2 Å². The summed E-state index contributed by atoms with van der Waals surface area (Å²) in [5.74, 6) is 0.941. The van der Waals surface area contributed by atoms with Gasteiger partial charge in [-0.1, -0.05) is 5.21 Å². The average Bonchev–Trinajstić information content (AvgIpc) is 3.40. The summed E-state index contributed by atoms with van der Waals surface area (Å²) in [5, 5.41) is 19.4. The lowest BCUT2D eigenvalue weighted by Gasteiger charge is -2.35. The molecule has 31 heavy (non-hydrogen) atoms. The number of aliphatic hydroxyl groups is 1. The van der Waals surface area contributed by atoms with Gasteiger partial charge in [0.05, 0.1) is 31.6 Å². The van der Waals surface area contributed by atoms with E-state index in [1.807, 2.05) is 18.3 Å². The number of nitrogens with zero attached hydrogens (tertiary/aromatic N) is 6. The highest BCUT2D eigenvalue weighted by atomic mass is 19.1. The van der Waals surface area contributed by atoms with Gasteiger partial charge in [0.2, 0.25) is 5.88 Å². The maximum absolute atomic E-state index is 13.7. The summed E-state index contributed by atoms with van der Waals surface area (Å²) in [6.45, 7) is 2.34. The minimum absolute atomic E-state index is 0.102.